The third-order valence-corrected chi connectivity index (χ3v) is 10.3. The lowest BCUT2D eigenvalue weighted by molar-refractivity contribution is -0.161. The molecule has 10 heteroatoms. The number of nitrogens with two attached hydrogens (primary N) is 1. The van der Waals surface area contributed by atoms with Gasteiger partial charge in [-0.3, -0.25) is 18.6 Å². The molecule has 0 heterocycles. The molecule has 0 fully saturated rings. The highest BCUT2D eigenvalue weighted by Gasteiger charge is 2.26. The van der Waals surface area contributed by atoms with Gasteiger partial charge in [-0.25, -0.2) is 4.57 Å². The van der Waals surface area contributed by atoms with Crippen molar-refractivity contribution >= 4 is 19.8 Å². The van der Waals surface area contributed by atoms with Gasteiger partial charge in [-0.2, -0.15) is 0 Å². The molecular weight excluding hydrogens is 689 g/mol. The zero-order valence-corrected chi connectivity index (χ0v) is 35.2. The second-order valence-corrected chi connectivity index (χ2v) is 16.0. The van der Waals surface area contributed by atoms with Gasteiger partial charge >= 0.3 is 19.8 Å². The molecule has 0 aromatic heterocycles. The van der Waals surface area contributed by atoms with Gasteiger partial charge in [0, 0.05) is 19.4 Å². The monoisotopic (exact) mass is 772 g/mol. The van der Waals surface area contributed by atoms with Gasteiger partial charge in [-0.05, 0) is 64.2 Å². The number of allylic oxidation sites excluding steroid dienone is 4. The molecule has 0 saturated carbocycles. The summed E-state index contributed by atoms with van der Waals surface area (Å²) in [5, 5.41) is 0. The lowest BCUT2D eigenvalue weighted by Crippen LogP contribution is -2.29. The van der Waals surface area contributed by atoms with Crippen molar-refractivity contribution in [3.63, 3.8) is 0 Å². The van der Waals surface area contributed by atoms with Crippen molar-refractivity contribution in [2.45, 2.75) is 213 Å². The molecular formula is C43H82NO8P. The van der Waals surface area contributed by atoms with Crippen LogP contribution in [0.15, 0.2) is 24.3 Å². The van der Waals surface area contributed by atoms with Gasteiger partial charge in [-0.1, -0.05) is 154 Å². The van der Waals surface area contributed by atoms with E-state index in [4.69, 9.17) is 24.3 Å². The smallest absolute Gasteiger partial charge is 0.462 e. The molecule has 9 nitrogen and oxygen atoms in total. The van der Waals surface area contributed by atoms with Crippen LogP contribution in [0, 0.1) is 0 Å². The Morgan fingerprint density at radius 3 is 1.36 bits per heavy atom. The van der Waals surface area contributed by atoms with Crippen molar-refractivity contribution < 1.29 is 37.6 Å². The minimum atomic E-state index is -4.37. The predicted molar refractivity (Wildman–Crippen MR) is 220 cm³/mol. The number of esters is 2. The summed E-state index contributed by atoms with van der Waals surface area (Å²) in [6.07, 6.45) is 42.0. The van der Waals surface area contributed by atoms with E-state index in [9.17, 15) is 19.0 Å². The van der Waals surface area contributed by atoms with E-state index in [0.29, 0.717) is 6.42 Å². The van der Waals surface area contributed by atoms with E-state index in [1.165, 1.54) is 116 Å². The SMILES string of the molecule is CCCCCCC=CCCCCCCCCCC(=O)O[C@H](COC(=O)CCCCCCCCCC=CCCCCCCCC)COP(=O)(O)OCCN. The molecule has 0 aliphatic rings. The van der Waals surface area contributed by atoms with Crippen LogP contribution in [0.2, 0.25) is 0 Å². The molecule has 0 saturated heterocycles. The molecule has 0 rings (SSSR count). The summed E-state index contributed by atoms with van der Waals surface area (Å²) in [6.45, 7) is 3.72. The fourth-order valence-electron chi connectivity index (χ4n) is 6.04. The van der Waals surface area contributed by atoms with Crippen molar-refractivity contribution in [1.82, 2.24) is 0 Å². The molecule has 0 aliphatic heterocycles. The van der Waals surface area contributed by atoms with Gasteiger partial charge in [0.25, 0.3) is 0 Å². The maximum atomic E-state index is 12.6. The third kappa shape index (κ3) is 40.0. The molecule has 0 amide bonds. The van der Waals surface area contributed by atoms with Crippen LogP contribution in [0.25, 0.3) is 0 Å². The number of hydrogen-bond donors (Lipinski definition) is 2. The Bertz CT molecular complexity index is 928. The van der Waals surface area contributed by atoms with Gasteiger partial charge < -0.3 is 20.1 Å². The lowest BCUT2D eigenvalue weighted by Gasteiger charge is -2.19. The minimum Gasteiger partial charge on any atom is -0.462 e. The predicted octanol–water partition coefficient (Wildman–Crippen LogP) is 12.4. The number of hydrogen-bond acceptors (Lipinski definition) is 8. The maximum Gasteiger partial charge on any atom is 0.472 e. The van der Waals surface area contributed by atoms with Gasteiger partial charge in [0.15, 0.2) is 6.10 Å². The first-order valence-corrected chi connectivity index (χ1v) is 23.3. The number of unbranched alkanes of at least 4 members (excludes halogenated alkanes) is 24. The van der Waals surface area contributed by atoms with Crippen LogP contribution in [-0.4, -0.2) is 49.3 Å². The fourth-order valence-corrected chi connectivity index (χ4v) is 6.80. The van der Waals surface area contributed by atoms with Gasteiger partial charge in [0.05, 0.1) is 13.2 Å². The second kappa shape index (κ2) is 40.2. The average molecular weight is 772 g/mol. The van der Waals surface area contributed by atoms with Crippen molar-refractivity contribution in [3.05, 3.63) is 24.3 Å². The molecule has 0 aromatic rings. The normalized spacial score (nSPS) is 13.5. The molecule has 0 aliphatic carbocycles. The zero-order valence-electron chi connectivity index (χ0n) is 34.3. The first-order chi connectivity index (χ1) is 25.8. The highest BCUT2D eigenvalue weighted by Crippen LogP contribution is 2.43. The van der Waals surface area contributed by atoms with Crippen molar-refractivity contribution in [1.29, 1.82) is 0 Å². The number of phosphoric ester groups is 1. The summed E-state index contributed by atoms with van der Waals surface area (Å²) < 4.78 is 32.8. The molecule has 2 atom stereocenters. The fraction of sp³-hybridized carbons (Fsp3) is 0.860. The Balaban J connectivity index is 4.14. The topological polar surface area (TPSA) is 134 Å². The Morgan fingerprint density at radius 1 is 0.547 bits per heavy atom. The van der Waals surface area contributed by atoms with E-state index in [2.05, 4.69) is 38.2 Å². The maximum absolute atomic E-state index is 12.6. The van der Waals surface area contributed by atoms with E-state index in [1.807, 2.05) is 0 Å². The molecule has 0 aromatic carbocycles. The Labute approximate surface area is 325 Å². The first-order valence-electron chi connectivity index (χ1n) is 21.8. The Morgan fingerprint density at radius 2 is 0.925 bits per heavy atom. The van der Waals surface area contributed by atoms with Crippen LogP contribution in [0.5, 0.6) is 0 Å². The van der Waals surface area contributed by atoms with Crippen molar-refractivity contribution in [2.75, 3.05) is 26.4 Å². The van der Waals surface area contributed by atoms with Crippen LogP contribution >= 0.6 is 7.82 Å². The Hall–Kier alpha value is -1.51. The summed E-state index contributed by atoms with van der Waals surface area (Å²) >= 11 is 0. The molecule has 1 unspecified atom stereocenters. The third-order valence-electron chi connectivity index (χ3n) is 9.31. The zero-order chi connectivity index (χ0) is 38.9. The minimum absolute atomic E-state index is 0.0531. The quantitative estimate of drug-likeness (QED) is 0.0269. The molecule has 312 valence electrons. The molecule has 53 heavy (non-hydrogen) atoms. The number of ether oxygens (including phenoxy) is 2. The number of carbonyl (C=O) groups excluding carboxylic acids is 2. The number of phosphoric acid groups is 1. The van der Waals surface area contributed by atoms with E-state index in [1.54, 1.807) is 0 Å². The van der Waals surface area contributed by atoms with Gasteiger partial charge in [0.1, 0.15) is 6.61 Å². The first kappa shape index (κ1) is 51.5. The largest absolute Gasteiger partial charge is 0.472 e. The molecule has 0 spiro atoms. The number of rotatable bonds is 41. The summed E-state index contributed by atoms with van der Waals surface area (Å²) in [5.74, 6) is -0.834. The van der Waals surface area contributed by atoms with Crippen LogP contribution in [0.4, 0.5) is 0 Å². The second-order valence-electron chi connectivity index (χ2n) is 14.6. The summed E-state index contributed by atoms with van der Waals surface area (Å²) in [5.41, 5.74) is 5.35. The van der Waals surface area contributed by atoms with Crippen molar-refractivity contribution in [3.8, 4) is 0 Å². The van der Waals surface area contributed by atoms with Crippen LogP contribution in [-0.2, 0) is 32.7 Å². The van der Waals surface area contributed by atoms with E-state index >= 15 is 0 Å². The number of carbonyl (C=O) groups is 2. The highest BCUT2D eigenvalue weighted by molar-refractivity contribution is 7.47. The van der Waals surface area contributed by atoms with E-state index in [-0.39, 0.29) is 38.6 Å². The highest BCUT2D eigenvalue weighted by atomic mass is 31.2. The lowest BCUT2D eigenvalue weighted by atomic mass is 10.1. The van der Waals surface area contributed by atoms with Crippen molar-refractivity contribution in [2.24, 2.45) is 5.73 Å². The van der Waals surface area contributed by atoms with Gasteiger partial charge in [-0.15, -0.1) is 0 Å². The van der Waals surface area contributed by atoms with Crippen LogP contribution in [0.3, 0.4) is 0 Å². The molecule has 3 N–H and O–H groups in total. The summed E-state index contributed by atoms with van der Waals surface area (Å²) in [4.78, 5) is 34.9. The van der Waals surface area contributed by atoms with Gasteiger partial charge in [0.2, 0.25) is 0 Å². The average Bonchev–Trinajstić information content (AvgIpc) is 3.14. The van der Waals surface area contributed by atoms with E-state index < -0.39 is 26.5 Å². The molecule has 0 radical (unpaired) electrons. The standard InChI is InChI=1S/C43H82NO8P/c1-3-5-7-9-11-13-15-17-19-20-22-23-25-27-29-31-33-35-42(45)49-39-41(40-51-53(47,48)50-38-37-44)52-43(46)36-34-32-30-28-26-24-21-18-16-14-12-10-8-6-4-2/h14,16-17,19,41H,3-13,15,18,20-40,44H2,1-2H3,(H,47,48)/t41-/m1/s1. The Kier molecular flexibility index (Phi) is 39.0. The molecule has 0 bridgehead atoms. The van der Waals surface area contributed by atoms with Crippen LogP contribution < -0.4 is 5.73 Å². The summed E-state index contributed by atoms with van der Waals surface area (Å²) in [7, 11) is -4.37. The van der Waals surface area contributed by atoms with Crippen LogP contribution in [0.1, 0.15) is 206 Å². The summed E-state index contributed by atoms with van der Waals surface area (Å²) in [6, 6.07) is 0. The van der Waals surface area contributed by atoms with E-state index in [0.717, 1.165) is 57.8 Å².